The molecule has 0 unspecified atom stereocenters. The largest absolute Gasteiger partial charge is 0.397 e. The number of nitrogen functional groups attached to an aromatic ring is 1. The lowest BCUT2D eigenvalue weighted by Crippen LogP contribution is -1.98. The number of anilines is 2. The van der Waals surface area contributed by atoms with Crippen LogP contribution in [-0.4, -0.2) is 17.4 Å². The summed E-state index contributed by atoms with van der Waals surface area (Å²) in [4.78, 5) is 3.87. The van der Waals surface area contributed by atoms with E-state index in [-0.39, 0.29) is 0 Å². The minimum absolute atomic E-state index is 0.312. The Bertz CT molecular complexity index is 403. The lowest BCUT2D eigenvalue weighted by molar-refractivity contribution is 1.22. The van der Waals surface area contributed by atoms with Crippen LogP contribution in [0.25, 0.3) is 0 Å². The Hall–Kier alpha value is -2.42. The van der Waals surface area contributed by atoms with Crippen LogP contribution in [0.1, 0.15) is 5.56 Å². The van der Waals surface area contributed by atoms with Crippen molar-refractivity contribution in [1.82, 2.24) is 4.98 Å². The molecule has 0 saturated heterocycles. The smallest absolute Gasteiger partial charge is 0.164 e. The van der Waals surface area contributed by atoms with Crippen molar-refractivity contribution in [3.8, 4) is 6.07 Å². The summed E-state index contributed by atoms with van der Waals surface area (Å²) in [6.45, 7) is 0. The highest BCUT2D eigenvalue weighted by molar-refractivity contribution is 6.14. The van der Waals surface area contributed by atoms with Crippen molar-refractivity contribution in [1.29, 1.82) is 10.7 Å². The van der Waals surface area contributed by atoms with Gasteiger partial charge in [0, 0.05) is 6.21 Å². The summed E-state index contributed by atoms with van der Waals surface area (Å²) in [6.07, 6.45) is 3.67. The first-order chi connectivity index (χ1) is 6.77. The SMILES string of the molecule is N#Cc1cc(N)cnc1N/N=C\C=N. The van der Waals surface area contributed by atoms with Crippen LogP contribution in [0, 0.1) is 16.7 Å². The Balaban J connectivity index is 2.92. The minimum atomic E-state index is 0.312. The molecule has 6 heteroatoms. The number of hydrazone groups is 1. The number of nitrogens with one attached hydrogen (secondary N) is 2. The summed E-state index contributed by atoms with van der Waals surface area (Å²) in [5.74, 6) is 0.319. The molecule has 0 aliphatic carbocycles. The van der Waals surface area contributed by atoms with E-state index in [0.29, 0.717) is 17.1 Å². The summed E-state index contributed by atoms with van der Waals surface area (Å²) in [7, 11) is 0. The molecule has 1 aromatic rings. The highest BCUT2D eigenvalue weighted by Gasteiger charge is 2.01. The Labute approximate surface area is 80.6 Å². The van der Waals surface area contributed by atoms with Crippen molar-refractivity contribution < 1.29 is 0 Å². The zero-order valence-electron chi connectivity index (χ0n) is 7.23. The summed E-state index contributed by atoms with van der Waals surface area (Å²) < 4.78 is 0. The minimum Gasteiger partial charge on any atom is -0.397 e. The number of nitrogens with zero attached hydrogens (tertiary/aromatic N) is 3. The Morgan fingerprint density at radius 2 is 2.50 bits per heavy atom. The Morgan fingerprint density at radius 3 is 3.14 bits per heavy atom. The van der Waals surface area contributed by atoms with Crippen molar-refractivity contribution in [3.05, 3.63) is 17.8 Å². The van der Waals surface area contributed by atoms with Gasteiger partial charge in [-0.15, -0.1) is 0 Å². The van der Waals surface area contributed by atoms with Crippen LogP contribution in [0.2, 0.25) is 0 Å². The van der Waals surface area contributed by atoms with E-state index in [2.05, 4.69) is 15.5 Å². The molecule has 4 N–H and O–H groups in total. The van der Waals surface area contributed by atoms with Crippen molar-refractivity contribution in [2.45, 2.75) is 0 Å². The molecular weight excluding hydrogens is 180 g/mol. The van der Waals surface area contributed by atoms with E-state index in [4.69, 9.17) is 16.4 Å². The van der Waals surface area contributed by atoms with Crippen molar-refractivity contribution in [2.24, 2.45) is 5.10 Å². The zero-order valence-corrected chi connectivity index (χ0v) is 7.23. The van der Waals surface area contributed by atoms with Crippen LogP contribution in [0.5, 0.6) is 0 Å². The maximum Gasteiger partial charge on any atom is 0.164 e. The van der Waals surface area contributed by atoms with Crippen LogP contribution in [0.15, 0.2) is 17.4 Å². The molecule has 1 rings (SSSR count). The summed E-state index contributed by atoms with van der Waals surface area (Å²) >= 11 is 0. The molecule has 0 bridgehead atoms. The molecule has 70 valence electrons. The number of hydrogen-bond acceptors (Lipinski definition) is 6. The molecule has 1 aromatic heterocycles. The summed E-state index contributed by atoms with van der Waals surface area (Å²) in [6, 6.07) is 3.42. The van der Waals surface area contributed by atoms with E-state index >= 15 is 0 Å². The fourth-order valence-corrected chi connectivity index (χ4v) is 0.791. The molecule has 0 fully saturated rings. The van der Waals surface area contributed by atoms with E-state index in [1.54, 1.807) is 0 Å². The van der Waals surface area contributed by atoms with Crippen LogP contribution in [0.3, 0.4) is 0 Å². The highest BCUT2D eigenvalue weighted by Crippen LogP contribution is 2.13. The monoisotopic (exact) mass is 188 g/mol. The topological polar surface area (TPSA) is 111 Å². The third kappa shape index (κ3) is 2.28. The standard InChI is InChI=1S/C8H8N6/c9-1-2-13-14-8-6(4-10)3-7(11)5-12-8/h1-3,5,9H,11H2,(H,12,14)/b9-1?,13-2-. The van der Waals surface area contributed by atoms with Gasteiger partial charge in [0.2, 0.25) is 0 Å². The molecule has 0 saturated carbocycles. The van der Waals surface area contributed by atoms with Gasteiger partial charge in [0.05, 0.1) is 23.7 Å². The molecule has 6 nitrogen and oxygen atoms in total. The normalized spacial score (nSPS) is 9.64. The molecule has 0 spiro atoms. The first-order valence-electron chi connectivity index (χ1n) is 3.71. The Kier molecular flexibility index (Phi) is 3.15. The lowest BCUT2D eigenvalue weighted by atomic mass is 10.2. The molecule has 0 aliphatic rings. The van der Waals surface area contributed by atoms with Crippen LogP contribution in [0.4, 0.5) is 11.5 Å². The fraction of sp³-hybridized carbons (Fsp3) is 0. The predicted octanol–water partition coefficient (Wildman–Crippen LogP) is 0.583. The van der Waals surface area contributed by atoms with Crippen LogP contribution >= 0.6 is 0 Å². The maximum atomic E-state index is 8.72. The number of hydrogen-bond donors (Lipinski definition) is 3. The first kappa shape index (κ1) is 9.67. The molecule has 1 heterocycles. The molecule has 0 aromatic carbocycles. The van der Waals surface area contributed by atoms with Gasteiger partial charge >= 0.3 is 0 Å². The molecule has 14 heavy (non-hydrogen) atoms. The summed E-state index contributed by atoms with van der Waals surface area (Å²) in [5.41, 5.74) is 8.69. The van der Waals surface area contributed by atoms with Crippen molar-refractivity contribution >= 4 is 23.9 Å². The van der Waals surface area contributed by atoms with Gasteiger partial charge in [-0.25, -0.2) is 4.98 Å². The third-order valence-electron chi connectivity index (χ3n) is 1.35. The Morgan fingerprint density at radius 1 is 1.71 bits per heavy atom. The second-order valence-electron chi connectivity index (χ2n) is 2.33. The van der Waals surface area contributed by atoms with Crippen LogP contribution in [-0.2, 0) is 0 Å². The van der Waals surface area contributed by atoms with Gasteiger partial charge in [-0.05, 0) is 6.07 Å². The third-order valence-corrected chi connectivity index (χ3v) is 1.35. The van der Waals surface area contributed by atoms with Gasteiger partial charge in [-0.1, -0.05) is 0 Å². The van der Waals surface area contributed by atoms with Crippen molar-refractivity contribution in [2.75, 3.05) is 11.2 Å². The average molecular weight is 188 g/mol. The van der Waals surface area contributed by atoms with E-state index in [1.165, 1.54) is 18.5 Å². The number of nitrogens with two attached hydrogens (primary N) is 1. The first-order valence-corrected chi connectivity index (χ1v) is 3.71. The van der Waals surface area contributed by atoms with E-state index in [9.17, 15) is 0 Å². The maximum absolute atomic E-state index is 8.72. The van der Waals surface area contributed by atoms with Gasteiger partial charge in [0.1, 0.15) is 6.07 Å². The number of aromatic nitrogens is 1. The van der Waals surface area contributed by atoms with Gasteiger partial charge in [-0.2, -0.15) is 10.4 Å². The molecule has 0 amide bonds. The molecule has 0 radical (unpaired) electrons. The van der Waals surface area contributed by atoms with Gasteiger partial charge in [0.25, 0.3) is 0 Å². The van der Waals surface area contributed by atoms with Gasteiger partial charge < -0.3 is 11.1 Å². The number of rotatable bonds is 3. The number of nitriles is 1. The van der Waals surface area contributed by atoms with Gasteiger partial charge in [0.15, 0.2) is 5.82 Å². The number of pyridine rings is 1. The molecular formula is C8H8N6. The van der Waals surface area contributed by atoms with E-state index in [1.807, 2.05) is 6.07 Å². The molecule has 0 aliphatic heterocycles. The highest BCUT2D eigenvalue weighted by atomic mass is 15.3. The van der Waals surface area contributed by atoms with Gasteiger partial charge in [-0.3, -0.25) is 5.43 Å². The predicted molar refractivity (Wildman–Crippen MR) is 54.3 cm³/mol. The van der Waals surface area contributed by atoms with E-state index in [0.717, 1.165) is 6.21 Å². The van der Waals surface area contributed by atoms with E-state index < -0.39 is 0 Å². The quantitative estimate of drug-likeness (QED) is 0.475. The zero-order chi connectivity index (χ0) is 10.4. The fourth-order valence-electron chi connectivity index (χ4n) is 0.791. The lowest BCUT2D eigenvalue weighted by Gasteiger charge is -2.01. The summed E-state index contributed by atoms with van der Waals surface area (Å²) in [5, 5.41) is 19.0. The second-order valence-corrected chi connectivity index (χ2v) is 2.33. The second kappa shape index (κ2) is 4.57. The average Bonchev–Trinajstić information content (AvgIpc) is 2.20. The molecule has 0 atom stereocenters. The van der Waals surface area contributed by atoms with Crippen LogP contribution < -0.4 is 11.2 Å². The van der Waals surface area contributed by atoms with Crippen molar-refractivity contribution in [3.63, 3.8) is 0 Å².